The Labute approximate surface area is 157 Å². The van der Waals surface area contributed by atoms with Gasteiger partial charge < -0.3 is 19.7 Å². The normalized spacial score (nSPS) is 16.5. The third-order valence-electron chi connectivity index (χ3n) is 5.07. The lowest BCUT2D eigenvalue weighted by Gasteiger charge is -2.35. The fourth-order valence-electron chi connectivity index (χ4n) is 3.67. The average molecular weight is 354 g/mol. The van der Waals surface area contributed by atoms with Gasteiger partial charge in [-0.05, 0) is 55.2 Å². The van der Waals surface area contributed by atoms with E-state index < -0.39 is 0 Å². The average Bonchev–Trinajstić information content (AvgIpc) is 2.69. The van der Waals surface area contributed by atoms with E-state index in [1.165, 1.54) is 29.7 Å². The van der Waals surface area contributed by atoms with Gasteiger partial charge in [0.25, 0.3) is 0 Å². The van der Waals surface area contributed by atoms with Gasteiger partial charge in [-0.3, -0.25) is 0 Å². The number of rotatable bonds is 7. The quantitative estimate of drug-likeness (QED) is 0.816. The highest BCUT2D eigenvalue weighted by Crippen LogP contribution is 2.27. The summed E-state index contributed by atoms with van der Waals surface area (Å²) in [6, 6.07) is 18.1. The number of nitrogens with one attached hydrogen (secondary N) is 1. The lowest BCUT2D eigenvalue weighted by atomic mass is 10.0. The van der Waals surface area contributed by atoms with E-state index in [-0.39, 0.29) is 0 Å². The van der Waals surface area contributed by atoms with Crippen LogP contribution in [0.25, 0.3) is 11.1 Å². The standard InChI is InChI=1S/C22H30N2O2/c1-17(16-25-2)23-20-11-13-24(14-12-20)21-9-7-18(8-10-21)19-5-4-6-22(15-19)26-3/h4-10,15,17,20,23H,11-14,16H2,1-3H3. The molecule has 1 aliphatic heterocycles. The van der Waals surface area contributed by atoms with Crippen LogP contribution in [0.5, 0.6) is 5.75 Å². The van der Waals surface area contributed by atoms with Crippen LogP contribution in [0.1, 0.15) is 19.8 Å². The van der Waals surface area contributed by atoms with Crippen molar-refractivity contribution in [2.24, 2.45) is 0 Å². The fraction of sp³-hybridized carbons (Fsp3) is 0.455. The first-order chi connectivity index (χ1) is 12.7. The fourth-order valence-corrected chi connectivity index (χ4v) is 3.67. The van der Waals surface area contributed by atoms with E-state index in [1.807, 2.05) is 12.1 Å². The highest BCUT2D eigenvalue weighted by molar-refractivity contribution is 5.67. The van der Waals surface area contributed by atoms with Crippen molar-refractivity contribution in [3.05, 3.63) is 48.5 Å². The SMILES string of the molecule is COCC(C)NC1CCN(c2ccc(-c3cccc(OC)c3)cc2)CC1. The molecule has 140 valence electrons. The zero-order valence-electron chi connectivity index (χ0n) is 16.1. The summed E-state index contributed by atoms with van der Waals surface area (Å²) in [7, 11) is 3.46. The van der Waals surface area contributed by atoms with E-state index in [9.17, 15) is 0 Å². The molecule has 1 saturated heterocycles. The molecule has 1 heterocycles. The zero-order chi connectivity index (χ0) is 18.4. The van der Waals surface area contributed by atoms with Gasteiger partial charge in [0, 0.05) is 38.0 Å². The molecule has 1 unspecified atom stereocenters. The van der Waals surface area contributed by atoms with Gasteiger partial charge in [-0.25, -0.2) is 0 Å². The zero-order valence-corrected chi connectivity index (χ0v) is 16.1. The molecule has 4 nitrogen and oxygen atoms in total. The van der Waals surface area contributed by atoms with E-state index in [2.05, 4.69) is 53.5 Å². The summed E-state index contributed by atoms with van der Waals surface area (Å²) in [6.07, 6.45) is 2.34. The van der Waals surface area contributed by atoms with Gasteiger partial charge in [-0.15, -0.1) is 0 Å². The van der Waals surface area contributed by atoms with Gasteiger partial charge in [-0.1, -0.05) is 24.3 Å². The predicted molar refractivity (Wildman–Crippen MR) is 108 cm³/mol. The van der Waals surface area contributed by atoms with Gasteiger partial charge in [0.05, 0.1) is 13.7 Å². The van der Waals surface area contributed by atoms with Crippen molar-refractivity contribution in [3.8, 4) is 16.9 Å². The number of hydrogen-bond acceptors (Lipinski definition) is 4. The number of nitrogens with zero attached hydrogens (tertiary/aromatic N) is 1. The molecule has 3 rings (SSSR count). The molecular weight excluding hydrogens is 324 g/mol. The molecule has 0 aromatic heterocycles. The van der Waals surface area contributed by atoms with Gasteiger partial charge >= 0.3 is 0 Å². The van der Waals surface area contributed by atoms with Gasteiger partial charge in [0.15, 0.2) is 0 Å². The molecule has 2 aromatic rings. The molecule has 1 aliphatic rings. The van der Waals surface area contributed by atoms with E-state index >= 15 is 0 Å². The van der Waals surface area contributed by atoms with Crippen LogP contribution in [-0.2, 0) is 4.74 Å². The largest absolute Gasteiger partial charge is 0.497 e. The summed E-state index contributed by atoms with van der Waals surface area (Å²) in [5, 5.41) is 3.67. The summed E-state index contributed by atoms with van der Waals surface area (Å²) in [6.45, 7) is 5.14. The second kappa shape index (κ2) is 9.06. The number of ether oxygens (including phenoxy) is 2. The molecule has 0 radical (unpaired) electrons. The van der Waals surface area contributed by atoms with Crippen molar-refractivity contribution in [1.82, 2.24) is 5.32 Å². The monoisotopic (exact) mass is 354 g/mol. The molecule has 1 N–H and O–H groups in total. The van der Waals surface area contributed by atoms with Crippen molar-refractivity contribution in [2.45, 2.75) is 31.8 Å². The van der Waals surface area contributed by atoms with Crippen molar-refractivity contribution < 1.29 is 9.47 Å². The minimum atomic E-state index is 0.415. The second-order valence-corrected chi connectivity index (χ2v) is 7.06. The van der Waals surface area contributed by atoms with Crippen LogP contribution in [0.4, 0.5) is 5.69 Å². The Kier molecular flexibility index (Phi) is 6.53. The van der Waals surface area contributed by atoms with E-state index in [1.54, 1.807) is 14.2 Å². The Morgan fingerprint density at radius 1 is 1.04 bits per heavy atom. The Balaban J connectivity index is 1.58. The van der Waals surface area contributed by atoms with Crippen molar-refractivity contribution in [2.75, 3.05) is 38.8 Å². The first kappa shape index (κ1) is 18.7. The molecule has 0 aliphatic carbocycles. The summed E-state index contributed by atoms with van der Waals surface area (Å²) < 4.78 is 10.5. The Morgan fingerprint density at radius 3 is 2.42 bits per heavy atom. The molecule has 0 saturated carbocycles. The van der Waals surface area contributed by atoms with Crippen LogP contribution in [0.15, 0.2) is 48.5 Å². The first-order valence-corrected chi connectivity index (χ1v) is 9.44. The van der Waals surface area contributed by atoms with Crippen molar-refractivity contribution >= 4 is 5.69 Å². The molecule has 0 spiro atoms. The van der Waals surface area contributed by atoms with Crippen molar-refractivity contribution in [3.63, 3.8) is 0 Å². The topological polar surface area (TPSA) is 33.7 Å². The van der Waals surface area contributed by atoms with Crippen LogP contribution in [0.2, 0.25) is 0 Å². The molecular formula is C22H30N2O2. The lowest BCUT2D eigenvalue weighted by molar-refractivity contribution is 0.163. The smallest absolute Gasteiger partial charge is 0.119 e. The van der Waals surface area contributed by atoms with Crippen LogP contribution in [0.3, 0.4) is 0 Å². The van der Waals surface area contributed by atoms with Crippen LogP contribution in [0, 0.1) is 0 Å². The maximum absolute atomic E-state index is 5.33. The summed E-state index contributed by atoms with van der Waals surface area (Å²) >= 11 is 0. The molecule has 26 heavy (non-hydrogen) atoms. The van der Waals surface area contributed by atoms with Crippen LogP contribution < -0.4 is 15.0 Å². The Hall–Kier alpha value is -2.04. The van der Waals surface area contributed by atoms with E-state index in [0.29, 0.717) is 12.1 Å². The third kappa shape index (κ3) is 4.77. The first-order valence-electron chi connectivity index (χ1n) is 9.44. The van der Waals surface area contributed by atoms with E-state index in [0.717, 1.165) is 25.4 Å². The molecule has 1 fully saturated rings. The lowest BCUT2D eigenvalue weighted by Crippen LogP contribution is -2.46. The highest BCUT2D eigenvalue weighted by Gasteiger charge is 2.20. The number of hydrogen-bond donors (Lipinski definition) is 1. The van der Waals surface area contributed by atoms with Gasteiger partial charge in [-0.2, -0.15) is 0 Å². The number of piperidine rings is 1. The van der Waals surface area contributed by atoms with Crippen LogP contribution in [-0.4, -0.2) is 46.0 Å². The molecule has 4 heteroatoms. The molecule has 0 amide bonds. The highest BCUT2D eigenvalue weighted by atomic mass is 16.5. The third-order valence-corrected chi connectivity index (χ3v) is 5.07. The minimum absolute atomic E-state index is 0.415. The Bertz CT molecular complexity index is 679. The number of benzene rings is 2. The number of methoxy groups -OCH3 is 2. The maximum atomic E-state index is 5.33. The summed E-state index contributed by atoms with van der Waals surface area (Å²) in [4.78, 5) is 2.48. The van der Waals surface area contributed by atoms with Gasteiger partial charge in [0.1, 0.15) is 5.75 Å². The summed E-state index contributed by atoms with van der Waals surface area (Å²) in [5.74, 6) is 0.892. The van der Waals surface area contributed by atoms with Crippen molar-refractivity contribution in [1.29, 1.82) is 0 Å². The minimum Gasteiger partial charge on any atom is -0.497 e. The molecule has 0 bridgehead atoms. The van der Waals surface area contributed by atoms with Gasteiger partial charge in [0.2, 0.25) is 0 Å². The summed E-state index contributed by atoms with van der Waals surface area (Å²) in [5.41, 5.74) is 3.71. The maximum Gasteiger partial charge on any atom is 0.119 e. The van der Waals surface area contributed by atoms with Crippen LogP contribution >= 0.6 is 0 Å². The second-order valence-electron chi connectivity index (χ2n) is 7.06. The predicted octanol–water partition coefficient (Wildman–Crippen LogP) is 3.96. The number of anilines is 1. The Morgan fingerprint density at radius 2 is 1.77 bits per heavy atom. The molecule has 1 atom stereocenters. The molecule has 2 aromatic carbocycles. The van der Waals surface area contributed by atoms with E-state index in [4.69, 9.17) is 9.47 Å².